The first-order valence-corrected chi connectivity index (χ1v) is 4.69. The summed E-state index contributed by atoms with van der Waals surface area (Å²) >= 11 is 0. The third-order valence-electron chi connectivity index (χ3n) is 2.33. The standard InChI is InChI=1S/C9H18N2O.ClH/c1-7(2)9(12)11-6-4-3-5-8(11)10;/h7-8H,3-6,10H2,1-2H3;1H. The number of hydrogen-bond donors (Lipinski definition) is 1. The molecule has 0 radical (unpaired) electrons. The van der Waals surface area contributed by atoms with E-state index in [-0.39, 0.29) is 30.4 Å². The van der Waals surface area contributed by atoms with Crippen LogP contribution in [0.3, 0.4) is 0 Å². The Balaban J connectivity index is 0.00000144. The molecule has 1 aliphatic heterocycles. The Labute approximate surface area is 86.1 Å². The van der Waals surface area contributed by atoms with Gasteiger partial charge in [-0.3, -0.25) is 4.79 Å². The van der Waals surface area contributed by atoms with Crippen molar-refractivity contribution in [2.75, 3.05) is 6.54 Å². The highest BCUT2D eigenvalue weighted by atomic mass is 35.5. The number of halogens is 1. The van der Waals surface area contributed by atoms with Crippen molar-refractivity contribution in [2.45, 2.75) is 39.3 Å². The van der Waals surface area contributed by atoms with Crippen LogP contribution in [0.2, 0.25) is 0 Å². The van der Waals surface area contributed by atoms with Crippen molar-refractivity contribution in [3.05, 3.63) is 0 Å². The molecule has 1 rings (SSSR count). The quantitative estimate of drug-likeness (QED) is 0.705. The fraction of sp³-hybridized carbons (Fsp3) is 0.889. The van der Waals surface area contributed by atoms with Crippen LogP contribution >= 0.6 is 12.4 Å². The summed E-state index contributed by atoms with van der Waals surface area (Å²) in [5, 5.41) is 0. The maximum Gasteiger partial charge on any atom is 0.226 e. The van der Waals surface area contributed by atoms with E-state index in [1.165, 1.54) is 0 Å². The predicted molar refractivity (Wildman–Crippen MR) is 55.6 cm³/mol. The predicted octanol–water partition coefficient (Wildman–Crippen LogP) is 1.36. The van der Waals surface area contributed by atoms with E-state index in [1.54, 1.807) is 0 Å². The second-order valence-electron chi connectivity index (χ2n) is 3.75. The van der Waals surface area contributed by atoms with Crippen LogP contribution in [-0.4, -0.2) is 23.5 Å². The molecule has 0 saturated carbocycles. The van der Waals surface area contributed by atoms with Gasteiger partial charge >= 0.3 is 0 Å². The number of rotatable bonds is 1. The van der Waals surface area contributed by atoms with Gasteiger partial charge in [-0.2, -0.15) is 0 Å². The van der Waals surface area contributed by atoms with Crippen molar-refractivity contribution in [3.63, 3.8) is 0 Å². The summed E-state index contributed by atoms with van der Waals surface area (Å²) in [6.45, 7) is 4.69. The summed E-state index contributed by atoms with van der Waals surface area (Å²) < 4.78 is 0. The van der Waals surface area contributed by atoms with Crippen molar-refractivity contribution in [2.24, 2.45) is 11.7 Å². The van der Waals surface area contributed by atoms with Crippen LogP contribution in [0, 0.1) is 5.92 Å². The first kappa shape index (κ1) is 12.7. The first-order chi connectivity index (χ1) is 5.63. The van der Waals surface area contributed by atoms with Gasteiger partial charge in [0.2, 0.25) is 5.91 Å². The fourth-order valence-electron chi connectivity index (χ4n) is 1.56. The number of carbonyl (C=O) groups is 1. The molecule has 1 aliphatic rings. The Morgan fingerprint density at radius 1 is 1.46 bits per heavy atom. The lowest BCUT2D eigenvalue weighted by molar-refractivity contribution is -0.138. The summed E-state index contributed by atoms with van der Waals surface area (Å²) in [7, 11) is 0. The second-order valence-corrected chi connectivity index (χ2v) is 3.75. The molecule has 1 heterocycles. The molecule has 4 heteroatoms. The molecular formula is C9H19ClN2O. The van der Waals surface area contributed by atoms with Gasteiger partial charge in [0.05, 0.1) is 6.17 Å². The van der Waals surface area contributed by atoms with E-state index in [9.17, 15) is 4.79 Å². The third kappa shape index (κ3) is 3.16. The lowest BCUT2D eigenvalue weighted by Gasteiger charge is -2.34. The number of carbonyl (C=O) groups excluding carboxylic acids is 1. The molecule has 0 aromatic rings. The van der Waals surface area contributed by atoms with E-state index in [2.05, 4.69) is 0 Å². The Morgan fingerprint density at radius 2 is 2.08 bits per heavy atom. The van der Waals surface area contributed by atoms with Crippen LogP contribution in [0.25, 0.3) is 0 Å². The molecule has 0 spiro atoms. The van der Waals surface area contributed by atoms with Crippen molar-refractivity contribution < 1.29 is 4.79 Å². The number of nitrogens with zero attached hydrogens (tertiary/aromatic N) is 1. The molecule has 1 amide bonds. The van der Waals surface area contributed by atoms with E-state index in [1.807, 2.05) is 18.7 Å². The molecular weight excluding hydrogens is 188 g/mol. The average molecular weight is 207 g/mol. The van der Waals surface area contributed by atoms with Crippen LogP contribution in [0.15, 0.2) is 0 Å². The van der Waals surface area contributed by atoms with Gasteiger partial charge in [0.1, 0.15) is 0 Å². The van der Waals surface area contributed by atoms with Gasteiger partial charge in [0.15, 0.2) is 0 Å². The van der Waals surface area contributed by atoms with Gasteiger partial charge in [0, 0.05) is 12.5 Å². The van der Waals surface area contributed by atoms with E-state index in [0.717, 1.165) is 25.8 Å². The number of amides is 1. The smallest absolute Gasteiger partial charge is 0.226 e. The lowest BCUT2D eigenvalue weighted by Crippen LogP contribution is -2.50. The third-order valence-corrected chi connectivity index (χ3v) is 2.33. The summed E-state index contributed by atoms with van der Waals surface area (Å²) in [6, 6.07) is 0. The summed E-state index contributed by atoms with van der Waals surface area (Å²) in [5.41, 5.74) is 5.82. The fourth-order valence-corrected chi connectivity index (χ4v) is 1.56. The topological polar surface area (TPSA) is 46.3 Å². The summed E-state index contributed by atoms with van der Waals surface area (Å²) in [4.78, 5) is 13.4. The molecule has 1 unspecified atom stereocenters. The van der Waals surface area contributed by atoms with Crippen LogP contribution in [0.1, 0.15) is 33.1 Å². The Hall–Kier alpha value is -0.280. The molecule has 1 saturated heterocycles. The maximum atomic E-state index is 11.6. The molecule has 13 heavy (non-hydrogen) atoms. The normalized spacial score (nSPS) is 22.8. The van der Waals surface area contributed by atoms with Crippen molar-refractivity contribution in [1.82, 2.24) is 4.90 Å². The molecule has 1 atom stereocenters. The second kappa shape index (κ2) is 5.45. The van der Waals surface area contributed by atoms with Crippen LogP contribution in [0.4, 0.5) is 0 Å². The Morgan fingerprint density at radius 3 is 2.54 bits per heavy atom. The number of hydrogen-bond acceptors (Lipinski definition) is 2. The van der Waals surface area contributed by atoms with Gasteiger partial charge in [-0.25, -0.2) is 0 Å². The average Bonchev–Trinajstić information content (AvgIpc) is 2.04. The molecule has 1 fully saturated rings. The first-order valence-electron chi connectivity index (χ1n) is 4.69. The minimum Gasteiger partial charge on any atom is -0.327 e. The van der Waals surface area contributed by atoms with E-state index >= 15 is 0 Å². The Bertz CT molecular complexity index is 173. The highest BCUT2D eigenvalue weighted by Crippen LogP contribution is 2.15. The highest BCUT2D eigenvalue weighted by Gasteiger charge is 2.24. The van der Waals surface area contributed by atoms with Gasteiger partial charge in [0.25, 0.3) is 0 Å². The zero-order valence-corrected chi connectivity index (χ0v) is 9.14. The molecule has 0 bridgehead atoms. The molecule has 2 N–H and O–H groups in total. The Kier molecular flexibility index (Phi) is 5.33. The van der Waals surface area contributed by atoms with Gasteiger partial charge in [-0.05, 0) is 19.3 Å². The minimum atomic E-state index is -0.0337. The van der Waals surface area contributed by atoms with Crippen molar-refractivity contribution >= 4 is 18.3 Å². The lowest BCUT2D eigenvalue weighted by atomic mass is 10.1. The SMILES string of the molecule is CC(C)C(=O)N1CCCCC1N.Cl. The van der Waals surface area contributed by atoms with Crippen LogP contribution < -0.4 is 5.73 Å². The molecule has 0 aromatic carbocycles. The van der Waals surface area contributed by atoms with E-state index in [4.69, 9.17) is 5.73 Å². The monoisotopic (exact) mass is 206 g/mol. The molecule has 78 valence electrons. The molecule has 3 nitrogen and oxygen atoms in total. The molecule has 0 aliphatic carbocycles. The van der Waals surface area contributed by atoms with Crippen LogP contribution in [-0.2, 0) is 4.79 Å². The summed E-state index contributed by atoms with van der Waals surface area (Å²) in [6.07, 6.45) is 3.18. The van der Waals surface area contributed by atoms with Gasteiger partial charge in [-0.15, -0.1) is 12.4 Å². The van der Waals surface area contributed by atoms with Crippen molar-refractivity contribution in [3.8, 4) is 0 Å². The molecule has 0 aromatic heterocycles. The minimum absolute atomic E-state index is 0. The zero-order chi connectivity index (χ0) is 9.14. The zero-order valence-electron chi connectivity index (χ0n) is 8.32. The number of piperidine rings is 1. The summed E-state index contributed by atoms with van der Waals surface area (Å²) in [5.74, 6) is 0.274. The largest absolute Gasteiger partial charge is 0.327 e. The highest BCUT2D eigenvalue weighted by molar-refractivity contribution is 5.85. The van der Waals surface area contributed by atoms with E-state index < -0.39 is 0 Å². The van der Waals surface area contributed by atoms with Gasteiger partial charge < -0.3 is 10.6 Å². The van der Waals surface area contributed by atoms with E-state index in [0.29, 0.717) is 0 Å². The number of nitrogens with two attached hydrogens (primary N) is 1. The van der Waals surface area contributed by atoms with Crippen molar-refractivity contribution in [1.29, 1.82) is 0 Å². The maximum absolute atomic E-state index is 11.6. The number of likely N-dealkylation sites (tertiary alicyclic amines) is 1. The van der Waals surface area contributed by atoms with Crippen LogP contribution in [0.5, 0.6) is 0 Å². The van der Waals surface area contributed by atoms with Gasteiger partial charge in [-0.1, -0.05) is 13.8 Å².